The van der Waals surface area contributed by atoms with Gasteiger partial charge in [-0.15, -0.1) is 0 Å². The highest BCUT2D eigenvalue weighted by molar-refractivity contribution is 5.76. The lowest BCUT2D eigenvalue weighted by atomic mass is 10.2. The molecule has 2 bridgehead atoms. The van der Waals surface area contributed by atoms with Gasteiger partial charge in [0.25, 0.3) is 0 Å². The molecule has 0 spiro atoms. The van der Waals surface area contributed by atoms with Crippen LogP contribution in [0.25, 0.3) is 0 Å². The number of piperazine rings is 1. The van der Waals surface area contributed by atoms with Crippen molar-refractivity contribution in [2.24, 2.45) is 0 Å². The van der Waals surface area contributed by atoms with E-state index in [0.717, 1.165) is 12.8 Å². The van der Waals surface area contributed by atoms with Gasteiger partial charge < -0.3 is 4.90 Å². The highest BCUT2D eigenvalue weighted by Gasteiger charge is 2.42. The molecule has 0 aromatic heterocycles. The molecular weight excluding hydrogens is 259 g/mol. The Morgan fingerprint density at radius 3 is 2.16 bits per heavy atom. The van der Waals surface area contributed by atoms with Crippen LogP contribution in [0, 0.1) is 0 Å². The molecule has 2 heterocycles. The molecule has 4 nitrogen and oxygen atoms in total. The Bertz CT molecular complexity index is 332. The molecule has 0 radical (unpaired) electrons. The number of likely N-dealkylation sites (tertiary alicyclic amines) is 1. The van der Waals surface area contributed by atoms with Crippen molar-refractivity contribution >= 4 is 5.91 Å². The van der Waals surface area contributed by atoms with Crippen LogP contribution in [0.4, 0.5) is 13.2 Å². The minimum Gasteiger partial charge on any atom is -0.339 e. The summed E-state index contributed by atoms with van der Waals surface area (Å²) < 4.78 is 36.4. The summed E-state index contributed by atoms with van der Waals surface area (Å²) in [5.74, 6) is -0.368. The molecule has 2 unspecified atom stereocenters. The molecule has 1 amide bonds. The van der Waals surface area contributed by atoms with E-state index >= 15 is 0 Å². The van der Waals surface area contributed by atoms with Crippen molar-refractivity contribution in [3.05, 3.63) is 0 Å². The standard InChI is InChI=1S/C12H20F3N3O/c1-16(2)18-9-3-4-10(18)8-17(7-9)11(19)5-6-12(13,14)15/h9-10H,3-8H2,1-2H3. The zero-order valence-electron chi connectivity index (χ0n) is 11.3. The molecule has 2 aliphatic rings. The van der Waals surface area contributed by atoms with Crippen molar-refractivity contribution in [1.29, 1.82) is 0 Å². The van der Waals surface area contributed by atoms with Gasteiger partial charge in [0.1, 0.15) is 0 Å². The molecule has 110 valence electrons. The number of alkyl halides is 3. The highest BCUT2D eigenvalue weighted by Crippen LogP contribution is 2.31. The normalized spacial score (nSPS) is 28.2. The summed E-state index contributed by atoms with van der Waals surface area (Å²) in [4.78, 5) is 13.4. The van der Waals surface area contributed by atoms with Crippen LogP contribution in [-0.2, 0) is 4.79 Å². The molecule has 2 fully saturated rings. The molecule has 2 saturated heterocycles. The number of hydrogen-bond donors (Lipinski definition) is 0. The molecular formula is C12H20F3N3O. The lowest BCUT2D eigenvalue weighted by Crippen LogP contribution is -2.59. The zero-order valence-corrected chi connectivity index (χ0v) is 11.3. The Balaban J connectivity index is 1.90. The van der Waals surface area contributed by atoms with E-state index in [1.165, 1.54) is 0 Å². The van der Waals surface area contributed by atoms with Crippen LogP contribution in [0.15, 0.2) is 0 Å². The Labute approximate surface area is 111 Å². The van der Waals surface area contributed by atoms with Crippen molar-refractivity contribution in [3.63, 3.8) is 0 Å². The first kappa shape index (κ1) is 14.6. The Hall–Kier alpha value is -0.820. The third-order valence-electron chi connectivity index (χ3n) is 3.88. The van der Waals surface area contributed by atoms with Gasteiger partial charge >= 0.3 is 6.18 Å². The smallest absolute Gasteiger partial charge is 0.339 e. The van der Waals surface area contributed by atoms with Gasteiger partial charge in [-0.25, -0.2) is 10.0 Å². The van der Waals surface area contributed by atoms with Crippen molar-refractivity contribution in [3.8, 4) is 0 Å². The molecule has 0 aromatic rings. The maximum absolute atomic E-state index is 12.1. The number of hydrazine groups is 1. The van der Waals surface area contributed by atoms with Gasteiger partial charge in [-0.1, -0.05) is 0 Å². The first-order valence-corrected chi connectivity index (χ1v) is 6.58. The maximum Gasteiger partial charge on any atom is 0.389 e. The lowest BCUT2D eigenvalue weighted by molar-refractivity contribution is -0.153. The minimum absolute atomic E-state index is 0.253. The fourth-order valence-corrected chi connectivity index (χ4v) is 3.14. The second kappa shape index (κ2) is 5.28. The number of carbonyl (C=O) groups excluding carboxylic acids is 1. The number of rotatable bonds is 3. The van der Waals surface area contributed by atoms with Crippen LogP contribution in [0.5, 0.6) is 0 Å². The van der Waals surface area contributed by atoms with Crippen molar-refractivity contribution < 1.29 is 18.0 Å². The summed E-state index contributed by atoms with van der Waals surface area (Å²) in [5.41, 5.74) is 0. The maximum atomic E-state index is 12.1. The molecule has 0 N–H and O–H groups in total. The van der Waals surface area contributed by atoms with Crippen LogP contribution < -0.4 is 0 Å². The van der Waals surface area contributed by atoms with E-state index in [2.05, 4.69) is 5.01 Å². The highest BCUT2D eigenvalue weighted by atomic mass is 19.4. The largest absolute Gasteiger partial charge is 0.389 e. The SMILES string of the molecule is CN(C)N1C2CCC1CN(C(=O)CCC(F)(F)F)C2. The fraction of sp³-hybridized carbons (Fsp3) is 0.917. The number of carbonyl (C=O) groups is 1. The fourth-order valence-electron chi connectivity index (χ4n) is 3.14. The van der Waals surface area contributed by atoms with Gasteiger partial charge in [-0.3, -0.25) is 4.79 Å². The van der Waals surface area contributed by atoms with Gasteiger partial charge in [0.2, 0.25) is 5.91 Å². The number of halogens is 3. The summed E-state index contributed by atoms with van der Waals surface area (Å²) in [6, 6.07) is 0.507. The van der Waals surface area contributed by atoms with Gasteiger partial charge in [0, 0.05) is 45.7 Å². The number of amides is 1. The zero-order chi connectivity index (χ0) is 14.2. The summed E-state index contributed by atoms with van der Waals surface area (Å²) in [6.45, 7) is 1.09. The Morgan fingerprint density at radius 2 is 1.74 bits per heavy atom. The molecule has 2 atom stereocenters. The second-order valence-corrected chi connectivity index (χ2v) is 5.53. The molecule has 0 aliphatic carbocycles. The Kier molecular flexibility index (Phi) is 4.06. The van der Waals surface area contributed by atoms with Crippen molar-refractivity contribution in [2.75, 3.05) is 27.2 Å². The Morgan fingerprint density at radius 1 is 1.21 bits per heavy atom. The summed E-state index contributed by atoms with van der Waals surface area (Å²) in [5, 5.41) is 4.27. The van der Waals surface area contributed by atoms with E-state index in [4.69, 9.17) is 0 Å². The van der Waals surface area contributed by atoms with Gasteiger partial charge in [-0.05, 0) is 12.8 Å². The first-order valence-electron chi connectivity index (χ1n) is 6.58. The molecule has 19 heavy (non-hydrogen) atoms. The van der Waals surface area contributed by atoms with E-state index in [1.54, 1.807) is 4.90 Å². The van der Waals surface area contributed by atoms with Gasteiger partial charge in [-0.2, -0.15) is 13.2 Å². The number of hydrogen-bond acceptors (Lipinski definition) is 3. The van der Waals surface area contributed by atoms with Crippen LogP contribution in [0.2, 0.25) is 0 Å². The van der Waals surface area contributed by atoms with Crippen LogP contribution >= 0.6 is 0 Å². The first-order chi connectivity index (χ1) is 8.78. The quantitative estimate of drug-likeness (QED) is 0.783. The molecule has 0 aromatic carbocycles. The van der Waals surface area contributed by atoms with E-state index in [-0.39, 0.29) is 18.0 Å². The number of fused-ring (bicyclic) bond motifs is 2. The predicted molar refractivity (Wildman–Crippen MR) is 64.2 cm³/mol. The van der Waals surface area contributed by atoms with Crippen molar-refractivity contribution in [2.45, 2.75) is 43.9 Å². The van der Waals surface area contributed by atoms with E-state index in [1.807, 2.05) is 19.1 Å². The van der Waals surface area contributed by atoms with Gasteiger partial charge in [0.15, 0.2) is 0 Å². The number of nitrogens with zero attached hydrogens (tertiary/aromatic N) is 3. The molecule has 7 heteroatoms. The molecule has 0 saturated carbocycles. The van der Waals surface area contributed by atoms with E-state index in [0.29, 0.717) is 13.1 Å². The molecule has 2 aliphatic heterocycles. The average molecular weight is 279 g/mol. The summed E-state index contributed by atoms with van der Waals surface area (Å²) >= 11 is 0. The lowest BCUT2D eigenvalue weighted by Gasteiger charge is -2.44. The average Bonchev–Trinajstić information content (AvgIpc) is 2.56. The minimum atomic E-state index is -4.25. The van der Waals surface area contributed by atoms with E-state index in [9.17, 15) is 18.0 Å². The predicted octanol–water partition coefficient (Wildman–Crippen LogP) is 1.48. The van der Waals surface area contributed by atoms with Crippen LogP contribution in [0.1, 0.15) is 25.7 Å². The summed E-state index contributed by atoms with van der Waals surface area (Å²) in [6.07, 6.45) is -3.68. The third-order valence-corrected chi connectivity index (χ3v) is 3.88. The second-order valence-electron chi connectivity index (χ2n) is 5.53. The third kappa shape index (κ3) is 3.39. The van der Waals surface area contributed by atoms with Crippen molar-refractivity contribution in [1.82, 2.24) is 14.9 Å². The monoisotopic (exact) mass is 279 g/mol. The van der Waals surface area contributed by atoms with Gasteiger partial charge in [0.05, 0.1) is 6.42 Å². The van der Waals surface area contributed by atoms with Crippen LogP contribution in [0.3, 0.4) is 0 Å². The van der Waals surface area contributed by atoms with E-state index < -0.39 is 19.0 Å². The van der Waals surface area contributed by atoms with Crippen LogP contribution in [-0.4, -0.2) is 66.3 Å². The summed E-state index contributed by atoms with van der Waals surface area (Å²) in [7, 11) is 3.93. The topological polar surface area (TPSA) is 26.8 Å². The molecule has 2 rings (SSSR count).